The molecule has 0 radical (unpaired) electrons. The molecule has 0 aliphatic carbocycles. The van der Waals surface area contributed by atoms with Gasteiger partial charge in [0.05, 0.1) is 12.2 Å². The van der Waals surface area contributed by atoms with E-state index in [0.717, 1.165) is 17.1 Å². The lowest BCUT2D eigenvalue weighted by Crippen LogP contribution is -2.41. The lowest BCUT2D eigenvalue weighted by molar-refractivity contribution is -0.121. The summed E-state index contributed by atoms with van der Waals surface area (Å²) in [4.78, 5) is 37.0. The van der Waals surface area contributed by atoms with Gasteiger partial charge < -0.3 is 9.30 Å². The van der Waals surface area contributed by atoms with E-state index in [-0.39, 0.29) is 18.6 Å². The van der Waals surface area contributed by atoms with Gasteiger partial charge in [-0.05, 0) is 63.2 Å². The first-order chi connectivity index (χ1) is 15.4. The number of nitrogens with one attached hydrogen (secondary N) is 2. The third kappa shape index (κ3) is 5.43. The van der Waals surface area contributed by atoms with E-state index < -0.39 is 11.8 Å². The Morgan fingerprint density at radius 2 is 1.59 bits per heavy atom. The number of aryl methyl sites for hydroxylation is 1. The minimum atomic E-state index is -0.436. The number of hydrogen-bond donors (Lipinski definition) is 2. The van der Waals surface area contributed by atoms with Crippen LogP contribution >= 0.6 is 0 Å². The maximum Gasteiger partial charge on any atom is 0.271 e. The van der Waals surface area contributed by atoms with Crippen LogP contribution in [-0.4, -0.2) is 28.8 Å². The first kappa shape index (κ1) is 22.8. The Labute approximate surface area is 187 Å². The van der Waals surface area contributed by atoms with Gasteiger partial charge in [0.15, 0.2) is 5.78 Å². The minimum absolute atomic E-state index is 0.0324. The highest BCUT2D eigenvalue weighted by atomic mass is 16.5. The highest BCUT2D eigenvalue weighted by molar-refractivity contribution is 5.99. The number of aromatic nitrogens is 1. The van der Waals surface area contributed by atoms with Gasteiger partial charge in [-0.25, -0.2) is 0 Å². The molecule has 0 aliphatic heterocycles. The van der Waals surface area contributed by atoms with E-state index in [1.165, 1.54) is 0 Å². The summed E-state index contributed by atoms with van der Waals surface area (Å²) in [6.07, 6.45) is 0.00751. The Morgan fingerprint density at radius 1 is 0.906 bits per heavy atom. The summed E-state index contributed by atoms with van der Waals surface area (Å²) in [6.45, 7) is 6.21. The summed E-state index contributed by atoms with van der Waals surface area (Å²) >= 11 is 0. The smallest absolute Gasteiger partial charge is 0.271 e. The molecule has 2 aromatic carbocycles. The highest BCUT2D eigenvalue weighted by Gasteiger charge is 2.17. The van der Waals surface area contributed by atoms with Gasteiger partial charge in [0.1, 0.15) is 5.75 Å². The van der Waals surface area contributed by atoms with Gasteiger partial charge in [-0.2, -0.15) is 0 Å². The molecular weight excluding hydrogens is 406 g/mol. The molecule has 3 aromatic rings. The minimum Gasteiger partial charge on any atom is -0.494 e. The molecule has 32 heavy (non-hydrogen) atoms. The number of carbonyl (C=O) groups is 3. The molecule has 0 saturated heterocycles. The monoisotopic (exact) mass is 433 g/mol. The van der Waals surface area contributed by atoms with Gasteiger partial charge >= 0.3 is 0 Å². The zero-order valence-corrected chi connectivity index (χ0v) is 18.5. The molecule has 7 heteroatoms. The second kappa shape index (κ2) is 10.4. The van der Waals surface area contributed by atoms with E-state index in [1.54, 1.807) is 30.3 Å². The van der Waals surface area contributed by atoms with Gasteiger partial charge in [-0.15, -0.1) is 0 Å². The Morgan fingerprint density at radius 3 is 2.25 bits per heavy atom. The lowest BCUT2D eigenvalue weighted by Gasteiger charge is -2.10. The molecule has 0 unspecified atom stereocenters. The topological polar surface area (TPSA) is 89.4 Å². The normalized spacial score (nSPS) is 10.5. The Hall–Kier alpha value is -3.87. The van der Waals surface area contributed by atoms with E-state index in [2.05, 4.69) is 10.9 Å². The van der Waals surface area contributed by atoms with Gasteiger partial charge in [0.25, 0.3) is 5.91 Å². The molecule has 7 nitrogen and oxygen atoms in total. The first-order valence-electron chi connectivity index (χ1n) is 10.5. The van der Waals surface area contributed by atoms with Crippen molar-refractivity contribution in [2.75, 3.05) is 6.61 Å². The summed E-state index contributed by atoms with van der Waals surface area (Å²) in [5.41, 5.74) is 8.44. The van der Waals surface area contributed by atoms with Crippen LogP contribution in [0.3, 0.4) is 0 Å². The molecule has 0 bridgehead atoms. The molecule has 1 heterocycles. The van der Waals surface area contributed by atoms with Crippen LogP contribution in [0.1, 0.15) is 51.9 Å². The fraction of sp³-hybridized carbons (Fsp3) is 0.240. The van der Waals surface area contributed by atoms with Crippen LogP contribution in [0.15, 0.2) is 60.7 Å². The third-order valence-electron chi connectivity index (χ3n) is 5.07. The first-order valence-corrected chi connectivity index (χ1v) is 10.5. The standard InChI is InChI=1S/C25H27N3O4/c1-4-32-21-12-10-19(11-13-21)23(29)14-15-24(30)26-27-25(31)22-16-17(2)28(18(22)3)20-8-6-5-7-9-20/h5-13,16H,4,14-15H2,1-3H3,(H,26,30)(H,27,31). The van der Waals surface area contributed by atoms with Crippen LogP contribution in [-0.2, 0) is 4.79 Å². The van der Waals surface area contributed by atoms with Crippen molar-refractivity contribution in [3.63, 3.8) is 0 Å². The molecule has 166 valence electrons. The number of carbonyl (C=O) groups excluding carboxylic acids is 3. The maximum absolute atomic E-state index is 12.6. The van der Waals surface area contributed by atoms with Crippen LogP contribution in [0, 0.1) is 13.8 Å². The summed E-state index contributed by atoms with van der Waals surface area (Å²) in [5.74, 6) is -0.307. The number of hydrazine groups is 1. The number of benzene rings is 2. The zero-order chi connectivity index (χ0) is 23.1. The van der Waals surface area contributed by atoms with Crippen molar-refractivity contribution in [1.29, 1.82) is 0 Å². The number of rotatable bonds is 8. The predicted molar refractivity (Wildman–Crippen MR) is 122 cm³/mol. The highest BCUT2D eigenvalue weighted by Crippen LogP contribution is 2.20. The fourth-order valence-electron chi connectivity index (χ4n) is 3.50. The number of hydrogen-bond acceptors (Lipinski definition) is 4. The molecule has 0 saturated carbocycles. The SMILES string of the molecule is CCOc1ccc(C(=O)CCC(=O)NNC(=O)c2cc(C)n(-c3ccccc3)c2C)cc1. The van der Waals surface area contributed by atoms with Crippen LogP contribution < -0.4 is 15.6 Å². The second-order valence-electron chi connectivity index (χ2n) is 7.34. The van der Waals surface area contributed by atoms with Gasteiger partial charge in [0.2, 0.25) is 5.91 Å². The number of amides is 2. The van der Waals surface area contributed by atoms with Crippen molar-refractivity contribution in [1.82, 2.24) is 15.4 Å². The second-order valence-corrected chi connectivity index (χ2v) is 7.34. The summed E-state index contributed by atoms with van der Waals surface area (Å²) < 4.78 is 7.33. The predicted octanol–water partition coefficient (Wildman–Crippen LogP) is 3.92. The molecule has 1 aromatic heterocycles. The quantitative estimate of drug-likeness (QED) is 0.416. The van der Waals surface area contributed by atoms with E-state index in [9.17, 15) is 14.4 Å². The Kier molecular flexibility index (Phi) is 7.44. The number of ether oxygens (including phenoxy) is 1. The van der Waals surface area contributed by atoms with Crippen molar-refractivity contribution >= 4 is 17.6 Å². The maximum atomic E-state index is 12.6. The Bertz CT molecular complexity index is 1100. The molecule has 0 fully saturated rings. The van der Waals surface area contributed by atoms with Crippen molar-refractivity contribution < 1.29 is 19.1 Å². The van der Waals surface area contributed by atoms with Crippen molar-refractivity contribution in [3.8, 4) is 11.4 Å². The number of para-hydroxylation sites is 1. The van der Waals surface area contributed by atoms with Gasteiger partial charge in [0, 0.05) is 35.5 Å². The molecule has 2 N–H and O–H groups in total. The number of nitrogens with zero attached hydrogens (tertiary/aromatic N) is 1. The largest absolute Gasteiger partial charge is 0.494 e. The van der Waals surface area contributed by atoms with Crippen LogP contribution in [0.2, 0.25) is 0 Å². The van der Waals surface area contributed by atoms with Crippen molar-refractivity contribution in [3.05, 3.63) is 83.2 Å². The summed E-state index contributed by atoms with van der Waals surface area (Å²) in [5, 5.41) is 0. The molecule has 2 amide bonds. The van der Waals surface area contributed by atoms with Crippen LogP contribution in [0.5, 0.6) is 5.75 Å². The molecule has 0 atom stereocenters. The zero-order valence-electron chi connectivity index (χ0n) is 18.5. The average molecular weight is 434 g/mol. The van der Waals surface area contributed by atoms with Crippen molar-refractivity contribution in [2.45, 2.75) is 33.6 Å². The molecular formula is C25H27N3O4. The lowest BCUT2D eigenvalue weighted by atomic mass is 10.1. The number of Topliss-reactive ketones (excluding diaryl/α,β-unsaturated/α-hetero) is 1. The molecule has 0 spiro atoms. The summed E-state index contributed by atoms with van der Waals surface area (Å²) in [7, 11) is 0. The molecule has 0 aliphatic rings. The van der Waals surface area contributed by atoms with Gasteiger partial charge in [-0.1, -0.05) is 18.2 Å². The van der Waals surface area contributed by atoms with E-state index in [1.807, 2.05) is 55.7 Å². The molecule has 3 rings (SSSR count). The van der Waals surface area contributed by atoms with Crippen LogP contribution in [0.4, 0.5) is 0 Å². The third-order valence-corrected chi connectivity index (χ3v) is 5.07. The summed E-state index contributed by atoms with van der Waals surface area (Å²) in [6, 6.07) is 18.3. The van der Waals surface area contributed by atoms with E-state index in [4.69, 9.17) is 4.74 Å². The average Bonchev–Trinajstić information content (AvgIpc) is 3.11. The Balaban J connectivity index is 1.53. The van der Waals surface area contributed by atoms with E-state index >= 15 is 0 Å². The fourth-order valence-corrected chi connectivity index (χ4v) is 3.50. The number of ketones is 1. The van der Waals surface area contributed by atoms with Gasteiger partial charge in [-0.3, -0.25) is 25.2 Å². The van der Waals surface area contributed by atoms with Crippen LogP contribution in [0.25, 0.3) is 5.69 Å². The van der Waals surface area contributed by atoms with E-state index in [0.29, 0.717) is 23.5 Å². The van der Waals surface area contributed by atoms with Crippen molar-refractivity contribution in [2.24, 2.45) is 0 Å².